The lowest BCUT2D eigenvalue weighted by Crippen LogP contribution is -2.44. The summed E-state index contributed by atoms with van der Waals surface area (Å²) in [4.78, 5) is 31.8. The second-order valence-corrected chi connectivity index (χ2v) is 7.12. The predicted molar refractivity (Wildman–Crippen MR) is 98.9 cm³/mol. The molecule has 3 rings (SSSR count). The molecule has 2 heterocycles. The molecule has 0 spiro atoms. The maximum Gasteiger partial charge on any atom is 0.262 e. The molecule has 1 aromatic carbocycles. The first kappa shape index (κ1) is 17.7. The first-order valence-electron chi connectivity index (χ1n) is 8.25. The van der Waals surface area contributed by atoms with Crippen molar-refractivity contribution in [2.24, 2.45) is 0 Å². The minimum absolute atomic E-state index is 0.0425. The van der Waals surface area contributed by atoms with Crippen LogP contribution in [0, 0.1) is 0 Å². The van der Waals surface area contributed by atoms with Crippen LogP contribution in [0.3, 0.4) is 0 Å². The number of para-hydroxylation sites is 1. The zero-order valence-electron chi connectivity index (χ0n) is 14.2. The molecule has 0 aliphatic carbocycles. The Labute approximate surface area is 150 Å². The standard InChI is InChI=1S/C18H21N3O3S/c1-3-8-21-17(23)14-6-4-5-7-15(14)19-18(21)25-13(2)16(22)20-9-11-24-12-10-20/h3-7,13H,1,8-12H2,2H3. The van der Waals surface area contributed by atoms with E-state index in [2.05, 4.69) is 11.6 Å². The fourth-order valence-corrected chi connectivity index (χ4v) is 3.78. The van der Waals surface area contributed by atoms with Gasteiger partial charge in [0.2, 0.25) is 5.91 Å². The number of aromatic nitrogens is 2. The van der Waals surface area contributed by atoms with Gasteiger partial charge in [-0.2, -0.15) is 0 Å². The van der Waals surface area contributed by atoms with Crippen molar-refractivity contribution < 1.29 is 9.53 Å². The summed E-state index contributed by atoms with van der Waals surface area (Å²) in [6.45, 7) is 8.27. The van der Waals surface area contributed by atoms with Crippen LogP contribution in [0.4, 0.5) is 0 Å². The number of morpholine rings is 1. The van der Waals surface area contributed by atoms with Crippen molar-refractivity contribution in [2.45, 2.75) is 23.9 Å². The van der Waals surface area contributed by atoms with E-state index >= 15 is 0 Å². The van der Waals surface area contributed by atoms with E-state index in [1.165, 1.54) is 11.8 Å². The Balaban J connectivity index is 1.91. The van der Waals surface area contributed by atoms with Crippen LogP contribution in [-0.4, -0.2) is 51.9 Å². The quantitative estimate of drug-likeness (QED) is 0.464. The molecular formula is C18H21N3O3S. The SMILES string of the molecule is C=CCn1c(SC(C)C(=O)N2CCOCC2)nc2ccccc2c1=O. The fourth-order valence-electron chi connectivity index (χ4n) is 2.78. The van der Waals surface area contributed by atoms with Crippen molar-refractivity contribution >= 4 is 28.6 Å². The van der Waals surface area contributed by atoms with Crippen molar-refractivity contribution in [3.8, 4) is 0 Å². The molecular weight excluding hydrogens is 338 g/mol. The molecule has 6 nitrogen and oxygen atoms in total. The molecule has 1 aliphatic heterocycles. The first-order valence-corrected chi connectivity index (χ1v) is 9.13. The van der Waals surface area contributed by atoms with E-state index in [0.717, 1.165) is 0 Å². The number of benzene rings is 1. The van der Waals surface area contributed by atoms with Gasteiger partial charge in [0.25, 0.3) is 5.56 Å². The molecule has 0 bridgehead atoms. The summed E-state index contributed by atoms with van der Waals surface area (Å²) < 4.78 is 6.87. The summed E-state index contributed by atoms with van der Waals surface area (Å²) in [5.41, 5.74) is 0.528. The maximum atomic E-state index is 12.7. The third kappa shape index (κ3) is 3.77. The zero-order valence-corrected chi connectivity index (χ0v) is 15.0. The molecule has 0 N–H and O–H groups in total. The highest BCUT2D eigenvalue weighted by atomic mass is 32.2. The molecule has 25 heavy (non-hydrogen) atoms. The number of allylic oxidation sites excluding steroid dienone is 1. The average Bonchev–Trinajstić information content (AvgIpc) is 2.65. The van der Waals surface area contributed by atoms with E-state index in [-0.39, 0.29) is 16.7 Å². The third-order valence-corrected chi connectivity index (χ3v) is 5.17. The van der Waals surface area contributed by atoms with Crippen molar-refractivity contribution in [3.63, 3.8) is 0 Å². The minimum atomic E-state index is -0.331. The third-order valence-electron chi connectivity index (χ3n) is 4.09. The highest BCUT2D eigenvalue weighted by Crippen LogP contribution is 2.24. The van der Waals surface area contributed by atoms with Gasteiger partial charge >= 0.3 is 0 Å². The smallest absolute Gasteiger partial charge is 0.262 e. The Bertz CT molecular complexity index is 843. The molecule has 1 atom stereocenters. The van der Waals surface area contributed by atoms with Crippen molar-refractivity contribution in [1.82, 2.24) is 14.5 Å². The van der Waals surface area contributed by atoms with Crippen LogP contribution < -0.4 is 5.56 Å². The van der Waals surface area contributed by atoms with Crippen LogP contribution in [0.1, 0.15) is 6.92 Å². The van der Waals surface area contributed by atoms with E-state index in [9.17, 15) is 9.59 Å². The largest absolute Gasteiger partial charge is 0.378 e. The number of carbonyl (C=O) groups is 1. The fraction of sp³-hybridized carbons (Fsp3) is 0.389. The maximum absolute atomic E-state index is 12.7. The highest BCUT2D eigenvalue weighted by molar-refractivity contribution is 8.00. The van der Waals surface area contributed by atoms with Crippen LogP contribution >= 0.6 is 11.8 Å². The van der Waals surface area contributed by atoms with Crippen molar-refractivity contribution in [1.29, 1.82) is 0 Å². The number of carbonyl (C=O) groups excluding carboxylic acids is 1. The van der Waals surface area contributed by atoms with E-state index in [1.807, 2.05) is 25.1 Å². The minimum Gasteiger partial charge on any atom is -0.378 e. The van der Waals surface area contributed by atoms with Gasteiger partial charge in [0.05, 0.1) is 29.4 Å². The highest BCUT2D eigenvalue weighted by Gasteiger charge is 2.25. The van der Waals surface area contributed by atoms with Gasteiger partial charge < -0.3 is 9.64 Å². The first-order chi connectivity index (χ1) is 12.1. The van der Waals surface area contributed by atoms with Crippen LogP contribution in [0.2, 0.25) is 0 Å². The molecule has 2 aromatic rings. The van der Waals surface area contributed by atoms with E-state index < -0.39 is 0 Å². The van der Waals surface area contributed by atoms with Gasteiger partial charge in [-0.3, -0.25) is 14.2 Å². The molecule has 0 radical (unpaired) electrons. The van der Waals surface area contributed by atoms with Gasteiger partial charge in [0.15, 0.2) is 5.16 Å². The molecule has 0 saturated carbocycles. The number of hydrogen-bond acceptors (Lipinski definition) is 5. The van der Waals surface area contributed by atoms with Gasteiger partial charge in [0, 0.05) is 19.6 Å². The van der Waals surface area contributed by atoms with Gasteiger partial charge in [-0.25, -0.2) is 4.98 Å². The Morgan fingerprint density at radius 3 is 2.84 bits per heavy atom. The van der Waals surface area contributed by atoms with Crippen LogP contribution in [0.15, 0.2) is 46.9 Å². The molecule has 1 saturated heterocycles. The number of hydrogen-bond donors (Lipinski definition) is 0. The number of amides is 1. The predicted octanol–water partition coefficient (Wildman–Crippen LogP) is 1.92. The normalized spacial score (nSPS) is 16.0. The van der Waals surface area contributed by atoms with Gasteiger partial charge in [-0.15, -0.1) is 6.58 Å². The van der Waals surface area contributed by atoms with Gasteiger partial charge in [-0.05, 0) is 19.1 Å². The number of rotatable bonds is 5. The average molecular weight is 359 g/mol. The second kappa shape index (κ2) is 7.84. The van der Waals surface area contributed by atoms with E-state index in [4.69, 9.17) is 4.74 Å². The van der Waals surface area contributed by atoms with Crippen LogP contribution in [0.25, 0.3) is 10.9 Å². The number of fused-ring (bicyclic) bond motifs is 1. The molecule has 132 valence electrons. The molecule has 1 amide bonds. The van der Waals surface area contributed by atoms with E-state index in [0.29, 0.717) is 48.9 Å². The summed E-state index contributed by atoms with van der Waals surface area (Å²) in [6.07, 6.45) is 1.66. The molecule has 1 aromatic heterocycles. The summed E-state index contributed by atoms with van der Waals surface area (Å²) >= 11 is 1.31. The van der Waals surface area contributed by atoms with Gasteiger partial charge in [-0.1, -0.05) is 30.0 Å². The Morgan fingerprint density at radius 1 is 1.40 bits per heavy atom. The zero-order chi connectivity index (χ0) is 17.8. The molecule has 1 fully saturated rings. The number of nitrogens with zero attached hydrogens (tertiary/aromatic N) is 3. The number of ether oxygens (including phenoxy) is 1. The molecule has 7 heteroatoms. The molecule has 1 unspecified atom stereocenters. The van der Waals surface area contributed by atoms with Gasteiger partial charge in [0.1, 0.15) is 0 Å². The lowest BCUT2D eigenvalue weighted by atomic mass is 10.2. The summed E-state index contributed by atoms with van der Waals surface area (Å²) in [7, 11) is 0. The lowest BCUT2D eigenvalue weighted by Gasteiger charge is -2.29. The summed E-state index contributed by atoms with van der Waals surface area (Å²) in [5, 5.41) is 0.779. The topological polar surface area (TPSA) is 64.4 Å². The summed E-state index contributed by atoms with van der Waals surface area (Å²) in [6, 6.07) is 7.25. The number of thioether (sulfide) groups is 1. The van der Waals surface area contributed by atoms with Crippen molar-refractivity contribution in [3.05, 3.63) is 47.3 Å². The molecule has 1 aliphatic rings. The lowest BCUT2D eigenvalue weighted by molar-refractivity contribution is -0.134. The van der Waals surface area contributed by atoms with Crippen molar-refractivity contribution in [2.75, 3.05) is 26.3 Å². The Hall–Kier alpha value is -2.12. The summed E-state index contributed by atoms with van der Waals surface area (Å²) in [5.74, 6) is 0.0425. The second-order valence-electron chi connectivity index (χ2n) is 5.81. The van der Waals surface area contributed by atoms with E-state index in [1.54, 1.807) is 21.6 Å². The monoisotopic (exact) mass is 359 g/mol. The Morgan fingerprint density at radius 2 is 2.12 bits per heavy atom. The Kier molecular flexibility index (Phi) is 5.55. The van der Waals surface area contributed by atoms with Crippen LogP contribution in [-0.2, 0) is 16.1 Å². The van der Waals surface area contributed by atoms with Crippen LogP contribution in [0.5, 0.6) is 0 Å².